The molecule has 0 spiro atoms. The molecule has 0 aliphatic carbocycles. The molecule has 2 rings (SSSR count). The van der Waals surface area contributed by atoms with E-state index in [0.29, 0.717) is 0 Å². The zero-order valence-electron chi connectivity index (χ0n) is 15.7. The number of carbonyl (C=O) groups excluding carboxylic acids is 1. The Kier molecular flexibility index (Phi) is 8.94. The maximum atomic E-state index is 14.0. The van der Waals surface area contributed by atoms with Gasteiger partial charge < -0.3 is 21.8 Å². The van der Waals surface area contributed by atoms with Crippen LogP contribution in [0.1, 0.15) is 32.3 Å². The first-order valence-electron chi connectivity index (χ1n) is 8.63. The van der Waals surface area contributed by atoms with Gasteiger partial charge in [0.25, 0.3) is 0 Å². The van der Waals surface area contributed by atoms with Crippen molar-refractivity contribution >= 4 is 30.2 Å². The van der Waals surface area contributed by atoms with E-state index in [0.717, 1.165) is 0 Å². The number of halogens is 1. The largest absolute Gasteiger partial charge is 0.763 e. The summed E-state index contributed by atoms with van der Waals surface area (Å²) in [5.74, 6) is -0.641. The Morgan fingerprint density at radius 2 is 1.85 bits per heavy atom. The molecule has 6 nitrogen and oxygen atoms in total. The topological polar surface area (TPSA) is 107 Å². The Hall–Kier alpha value is -2.41. The van der Waals surface area contributed by atoms with Crippen molar-refractivity contribution in [2.24, 2.45) is 16.5 Å². The van der Waals surface area contributed by atoms with Gasteiger partial charge in [0.15, 0.2) is 0 Å². The highest BCUT2D eigenvalue weighted by atomic mass is 32.1. The first-order valence-corrected chi connectivity index (χ1v) is 9.08. The molecule has 1 aromatic carbocycles. The zero-order valence-corrected chi connectivity index (χ0v) is 16.6. The van der Waals surface area contributed by atoms with Crippen LogP contribution in [0.15, 0.2) is 45.4 Å². The van der Waals surface area contributed by atoms with E-state index in [4.69, 9.17) is 11.5 Å². The van der Waals surface area contributed by atoms with Crippen LogP contribution >= 0.6 is 12.6 Å². The van der Waals surface area contributed by atoms with E-state index in [2.05, 4.69) is 43.3 Å². The predicted molar refractivity (Wildman–Crippen MR) is 111 cm³/mol. The van der Waals surface area contributed by atoms with E-state index in [-0.39, 0.29) is 27.6 Å². The minimum absolute atomic E-state index is 0.0118. The van der Waals surface area contributed by atoms with Crippen LogP contribution < -0.4 is 11.5 Å². The van der Waals surface area contributed by atoms with Crippen LogP contribution in [0.25, 0.3) is 5.41 Å². The van der Waals surface area contributed by atoms with Crippen molar-refractivity contribution in [1.29, 1.82) is 0 Å². The standard InChI is InChI=1S/C13H10FN4OS.C6H15N/c14-8-4-2-1-3-6(8)9-7(5-15)11(16)18-13(20)10(9)12(17)19;1-4-7(5-2)6-3/h1-4,9,20H,(H2,16,18)(H2,17,19);4-6H2,1-3H3/q-1;. The van der Waals surface area contributed by atoms with Crippen molar-refractivity contribution in [2.75, 3.05) is 19.6 Å². The number of primary amides is 1. The molecule has 4 N–H and O–H groups in total. The molecule has 1 aromatic rings. The third kappa shape index (κ3) is 5.53. The van der Waals surface area contributed by atoms with Gasteiger partial charge in [-0.05, 0) is 25.7 Å². The molecule has 27 heavy (non-hydrogen) atoms. The molecule has 1 atom stereocenters. The van der Waals surface area contributed by atoms with Gasteiger partial charge in [-0.25, -0.2) is 9.38 Å². The van der Waals surface area contributed by atoms with Gasteiger partial charge in [-0.1, -0.05) is 39.0 Å². The van der Waals surface area contributed by atoms with E-state index in [1.54, 1.807) is 6.07 Å². The maximum Gasteiger partial charge on any atom is 0.248 e. The van der Waals surface area contributed by atoms with Crippen LogP contribution in [0.5, 0.6) is 0 Å². The quantitative estimate of drug-likeness (QED) is 0.531. The molecule has 8 heteroatoms. The van der Waals surface area contributed by atoms with Crippen LogP contribution in [0.3, 0.4) is 0 Å². The third-order valence-electron chi connectivity index (χ3n) is 4.26. The van der Waals surface area contributed by atoms with Crippen molar-refractivity contribution in [3.63, 3.8) is 0 Å². The summed E-state index contributed by atoms with van der Waals surface area (Å²) in [6, 6.07) is 5.77. The molecule has 1 aliphatic heterocycles. The summed E-state index contributed by atoms with van der Waals surface area (Å²) in [4.78, 5) is 17.8. The SMILES string of the molecule is CCN(CC)CC.[N-]=C=C1C(N)=NC(S)=C(C(N)=O)C1c1ccccc1F. The lowest BCUT2D eigenvalue weighted by atomic mass is 9.83. The van der Waals surface area contributed by atoms with E-state index < -0.39 is 17.6 Å². The Morgan fingerprint density at radius 3 is 2.26 bits per heavy atom. The molecular formula is C19H25FN5OS-. The molecule has 0 saturated heterocycles. The number of nitrogens with two attached hydrogens (primary N) is 2. The smallest absolute Gasteiger partial charge is 0.248 e. The molecule has 1 aliphatic rings. The first kappa shape index (κ1) is 22.6. The second kappa shape index (κ2) is 10.7. The van der Waals surface area contributed by atoms with Crippen LogP contribution in [-0.4, -0.2) is 42.1 Å². The second-order valence-electron chi connectivity index (χ2n) is 5.70. The summed E-state index contributed by atoms with van der Waals surface area (Å²) < 4.78 is 14.0. The highest BCUT2D eigenvalue weighted by molar-refractivity contribution is 7.84. The molecule has 0 radical (unpaired) electrons. The van der Waals surface area contributed by atoms with Crippen molar-refractivity contribution in [1.82, 2.24) is 4.90 Å². The van der Waals surface area contributed by atoms with Gasteiger partial charge in [-0.15, -0.1) is 12.6 Å². The van der Waals surface area contributed by atoms with Gasteiger partial charge in [0.05, 0.1) is 11.5 Å². The van der Waals surface area contributed by atoms with Crippen molar-refractivity contribution < 1.29 is 9.18 Å². The second-order valence-corrected chi connectivity index (χ2v) is 6.12. The number of aliphatic imine (C=N–C) groups is 1. The Labute approximate surface area is 164 Å². The summed E-state index contributed by atoms with van der Waals surface area (Å²) in [5, 5.41) is 9.19. The highest BCUT2D eigenvalue weighted by Gasteiger charge is 2.33. The van der Waals surface area contributed by atoms with Crippen molar-refractivity contribution in [2.45, 2.75) is 26.7 Å². The number of amides is 1. The predicted octanol–water partition coefficient (Wildman–Crippen LogP) is 2.42. The van der Waals surface area contributed by atoms with Crippen LogP contribution in [0.4, 0.5) is 4.39 Å². The molecule has 0 bridgehead atoms. The number of nitrogens with zero attached hydrogens (tertiary/aromatic N) is 3. The Bertz CT molecular complexity index is 790. The van der Waals surface area contributed by atoms with Crippen LogP contribution in [-0.2, 0) is 4.79 Å². The van der Waals surface area contributed by atoms with Gasteiger partial charge in [0, 0.05) is 11.1 Å². The summed E-state index contributed by atoms with van der Waals surface area (Å²) in [7, 11) is 0. The van der Waals surface area contributed by atoms with Crippen molar-refractivity contribution in [3.8, 4) is 0 Å². The number of benzene rings is 1. The molecule has 1 unspecified atom stereocenters. The minimum Gasteiger partial charge on any atom is -0.763 e. The molecule has 1 amide bonds. The minimum atomic E-state index is -0.997. The Balaban J connectivity index is 0.000000445. The van der Waals surface area contributed by atoms with E-state index in [1.165, 1.54) is 37.8 Å². The fraction of sp³-hybridized carbons (Fsp3) is 0.368. The summed E-state index contributed by atoms with van der Waals surface area (Å²) in [6.45, 7) is 10.1. The fourth-order valence-corrected chi connectivity index (χ4v) is 3.07. The maximum absolute atomic E-state index is 14.0. The number of hydrogen-bond donors (Lipinski definition) is 3. The van der Waals surface area contributed by atoms with E-state index >= 15 is 0 Å². The number of hydrogen-bond acceptors (Lipinski definition) is 5. The normalized spacial score (nSPS) is 16.4. The number of thiol groups is 1. The fourth-order valence-electron chi connectivity index (χ4n) is 2.72. The molecule has 0 aromatic heterocycles. The lowest BCUT2D eigenvalue weighted by Gasteiger charge is -2.26. The Morgan fingerprint density at radius 1 is 1.30 bits per heavy atom. The molecule has 1 heterocycles. The zero-order chi connectivity index (χ0) is 20.6. The van der Waals surface area contributed by atoms with E-state index in [9.17, 15) is 14.6 Å². The molecule has 0 saturated carbocycles. The van der Waals surface area contributed by atoms with Gasteiger partial charge in [0.2, 0.25) is 5.91 Å². The molecular weight excluding hydrogens is 365 g/mol. The lowest BCUT2D eigenvalue weighted by molar-refractivity contribution is -0.114. The summed E-state index contributed by atoms with van der Waals surface area (Å²) in [6.07, 6.45) is 0. The lowest BCUT2D eigenvalue weighted by Crippen LogP contribution is -2.31. The highest BCUT2D eigenvalue weighted by Crippen LogP contribution is 2.38. The van der Waals surface area contributed by atoms with Gasteiger partial charge in [-0.3, -0.25) is 10.7 Å². The monoisotopic (exact) mass is 390 g/mol. The first-order chi connectivity index (χ1) is 12.8. The van der Waals surface area contributed by atoms with Crippen molar-refractivity contribution in [3.05, 3.63) is 57.2 Å². The molecule has 0 fully saturated rings. The van der Waals surface area contributed by atoms with E-state index in [1.807, 2.05) is 5.87 Å². The number of rotatable bonds is 5. The van der Waals surface area contributed by atoms with Crippen LogP contribution in [0.2, 0.25) is 0 Å². The average Bonchev–Trinajstić information content (AvgIpc) is 2.63. The van der Waals surface area contributed by atoms with Gasteiger partial charge in [-0.2, -0.15) is 0 Å². The number of carbonyl (C=O) groups is 1. The van der Waals surface area contributed by atoms with Crippen LogP contribution in [0, 0.1) is 5.82 Å². The number of amidine groups is 1. The summed E-state index contributed by atoms with van der Waals surface area (Å²) >= 11 is 4.04. The summed E-state index contributed by atoms with van der Waals surface area (Å²) in [5.41, 5.74) is 11.0. The molecule has 146 valence electrons. The average molecular weight is 391 g/mol. The third-order valence-corrected chi connectivity index (χ3v) is 4.61. The van der Waals surface area contributed by atoms with Gasteiger partial charge >= 0.3 is 0 Å². The van der Waals surface area contributed by atoms with Gasteiger partial charge in [0.1, 0.15) is 16.7 Å².